The number of carbonyl (C=O) groups is 1. The fourth-order valence-corrected chi connectivity index (χ4v) is 1.17. The topological polar surface area (TPSA) is 71.4 Å². The lowest BCUT2D eigenvalue weighted by Crippen LogP contribution is -2.13. The van der Waals surface area contributed by atoms with Crippen molar-refractivity contribution < 1.29 is 22.2 Å². The Kier molecular flexibility index (Phi) is 2.44. The van der Waals surface area contributed by atoms with Crippen LogP contribution in [0.1, 0.15) is 10.4 Å². The van der Waals surface area contributed by atoms with Gasteiger partial charge in [0.2, 0.25) is 0 Å². The van der Waals surface area contributed by atoms with Gasteiger partial charge in [0.25, 0.3) is 0 Å². The molecule has 0 radical (unpaired) electrons. The standard InChI is InChI=1S/C7H5FO4S/c8-6-3-1-5(2-4-6)7(9)13(10,11)12/h1-4H,(H,10,11,12). The Bertz CT molecular complexity index is 420. The molecule has 0 saturated carbocycles. The molecule has 4 nitrogen and oxygen atoms in total. The molecule has 0 unspecified atom stereocenters. The summed E-state index contributed by atoms with van der Waals surface area (Å²) in [5.74, 6) is -0.591. The van der Waals surface area contributed by atoms with Gasteiger partial charge < -0.3 is 0 Å². The SMILES string of the molecule is O=C(c1ccc(F)cc1)S(=O)(=O)O. The van der Waals surface area contributed by atoms with Crippen LogP contribution in [0.4, 0.5) is 4.39 Å². The molecule has 6 heteroatoms. The summed E-state index contributed by atoms with van der Waals surface area (Å²) in [6.07, 6.45) is 0. The molecule has 13 heavy (non-hydrogen) atoms. The largest absolute Gasteiger partial charge is 0.333 e. The van der Waals surface area contributed by atoms with E-state index < -0.39 is 21.1 Å². The van der Waals surface area contributed by atoms with E-state index in [1.807, 2.05) is 0 Å². The minimum Gasteiger partial charge on any atom is -0.279 e. The van der Waals surface area contributed by atoms with E-state index in [1.165, 1.54) is 0 Å². The van der Waals surface area contributed by atoms with Crippen LogP contribution in [0.25, 0.3) is 0 Å². The third kappa shape index (κ3) is 2.33. The van der Waals surface area contributed by atoms with Crippen molar-refractivity contribution in [3.63, 3.8) is 0 Å². The summed E-state index contributed by atoms with van der Waals surface area (Å²) in [7, 11) is -4.73. The molecule has 0 aliphatic rings. The monoisotopic (exact) mass is 204 g/mol. The maximum Gasteiger partial charge on any atom is 0.333 e. The summed E-state index contributed by atoms with van der Waals surface area (Å²) in [6.45, 7) is 0. The molecule has 0 atom stereocenters. The molecule has 1 aromatic carbocycles. The summed E-state index contributed by atoms with van der Waals surface area (Å²) >= 11 is 0. The minimum atomic E-state index is -4.73. The first kappa shape index (κ1) is 9.82. The average molecular weight is 204 g/mol. The third-order valence-electron chi connectivity index (χ3n) is 1.31. The molecule has 1 N–H and O–H groups in total. The molecule has 0 heterocycles. The summed E-state index contributed by atoms with van der Waals surface area (Å²) in [4.78, 5) is 10.8. The molecule has 0 aromatic heterocycles. The lowest BCUT2D eigenvalue weighted by molar-refractivity contribution is 0.106. The van der Waals surface area contributed by atoms with E-state index in [-0.39, 0.29) is 5.56 Å². The van der Waals surface area contributed by atoms with E-state index in [0.717, 1.165) is 24.3 Å². The molecule has 1 aromatic rings. The number of halogens is 1. The second-order valence-electron chi connectivity index (χ2n) is 2.27. The predicted molar refractivity (Wildman–Crippen MR) is 42.3 cm³/mol. The van der Waals surface area contributed by atoms with E-state index in [1.54, 1.807) is 0 Å². The number of hydrogen-bond acceptors (Lipinski definition) is 3. The van der Waals surface area contributed by atoms with Gasteiger partial charge in [-0.25, -0.2) is 4.39 Å². The summed E-state index contributed by atoms with van der Waals surface area (Å²) < 4.78 is 41.3. The fraction of sp³-hybridized carbons (Fsp3) is 0. The van der Waals surface area contributed by atoms with E-state index in [0.29, 0.717) is 0 Å². The summed E-state index contributed by atoms with van der Waals surface area (Å²) in [5, 5.41) is -1.44. The zero-order valence-corrected chi connectivity index (χ0v) is 7.08. The third-order valence-corrected chi connectivity index (χ3v) is 2.02. The molecule has 0 aliphatic carbocycles. The lowest BCUT2D eigenvalue weighted by Gasteiger charge is -1.95. The maximum atomic E-state index is 12.3. The molecule has 0 bridgehead atoms. The van der Waals surface area contributed by atoms with Crippen molar-refractivity contribution in [2.75, 3.05) is 0 Å². The van der Waals surface area contributed by atoms with Gasteiger partial charge in [-0.05, 0) is 24.3 Å². The highest BCUT2D eigenvalue weighted by molar-refractivity contribution is 8.01. The van der Waals surface area contributed by atoms with Gasteiger partial charge >= 0.3 is 15.2 Å². The van der Waals surface area contributed by atoms with Gasteiger partial charge in [-0.15, -0.1) is 0 Å². The van der Waals surface area contributed by atoms with Crippen LogP contribution in [0.15, 0.2) is 24.3 Å². The zero-order chi connectivity index (χ0) is 10.1. The van der Waals surface area contributed by atoms with E-state index >= 15 is 0 Å². The Morgan fingerprint density at radius 1 is 1.23 bits per heavy atom. The summed E-state index contributed by atoms with van der Waals surface area (Å²) in [6, 6.07) is 3.81. The Hall–Kier alpha value is -1.27. The normalized spacial score (nSPS) is 11.2. The van der Waals surface area contributed by atoms with Crippen molar-refractivity contribution in [1.29, 1.82) is 0 Å². The van der Waals surface area contributed by atoms with Gasteiger partial charge in [0.1, 0.15) is 5.82 Å². The number of benzene rings is 1. The number of hydrogen-bond donors (Lipinski definition) is 1. The van der Waals surface area contributed by atoms with E-state index in [4.69, 9.17) is 4.55 Å². The van der Waals surface area contributed by atoms with Crippen molar-refractivity contribution in [2.45, 2.75) is 0 Å². The highest BCUT2D eigenvalue weighted by atomic mass is 32.2. The first-order valence-electron chi connectivity index (χ1n) is 3.18. The average Bonchev–Trinajstić information content (AvgIpc) is 2.03. The fourth-order valence-electron chi connectivity index (χ4n) is 0.735. The second-order valence-corrected chi connectivity index (χ2v) is 3.59. The van der Waals surface area contributed by atoms with Gasteiger partial charge in [-0.2, -0.15) is 8.42 Å². The Balaban J connectivity index is 3.12. The van der Waals surface area contributed by atoms with E-state index in [2.05, 4.69) is 0 Å². The van der Waals surface area contributed by atoms with Crippen molar-refractivity contribution >= 4 is 15.2 Å². The highest BCUT2D eigenvalue weighted by Crippen LogP contribution is 2.06. The van der Waals surface area contributed by atoms with Gasteiger partial charge in [0, 0.05) is 5.56 Å². The molecule has 0 saturated heterocycles. The highest BCUT2D eigenvalue weighted by Gasteiger charge is 2.20. The predicted octanol–water partition coefficient (Wildman–Crippen LogP) is 0.854. The maximum absolute atomic E-state index is 12.3. The van der Waals surface area contributed by atoms with Gasteiger partial charge in [-0.3, -0.25) is 9.35 Å². The van der Waals surface area contributed by atoms with Crippen molar-refractivity contribution in [3.8, 4) is 0 Å². The molecular formula is C7H5FO4S. The number of carbonyl (C=O) groups excluding carboxylic acids is 1. The van der Waals surface area contributed by atoms with Gasteiger partial charge in [-0.1, -0.05) is 0 Å². The molecule has 0 aliphatic heterocycles. The Morgan fingerprint density at radius 3 is 2.08 bits per heavy atom. The van der Waals surface area contributed by atoms with Crippen LogP contribution in [-0.4, -0.2) is 18.1 Å². The van der Waals surface area contributed by atoms with Crippen molar-refractivity contribution in [1.82, 2.24) is 0 Å². The Labute approximate surface area is 73.8 Å². The van der Waals surface area contributed by atoms with Crippen LogP contribution in [-0.2, 0) is 10.1 Å². The molecule has 1 rings (SSSR count). The molecule has 70 valence electrons. The first-order chi connectivity index (χ1) is 5.91. The Morgan fingerprint density at radius 2 is 1.69 bits per heavy atom. The lowest BCUT2D eigenvalue weighted by atomic mass is 10.2. The minimum absolute atomic E-state index is 0.274. The molecule has 0 fully saturated rings. The van der Waals surface area contributed by atoms with Crippen LogP contribution in [0.5, 0.6) is 0 Å². The molecular weight excluding hydrogens is 199 g/mol. The van der Waals surface area contributed by atoms with Crippen LogP contribution in [0.3, 0.4) is 0 Å². The number of rotatable bonds is 1. The second kappa shape index (κ2) is 3.23. The van der Waals surface area contributed by atoms with Crippen LogP contribution in [0, 0.1) is 5.82 Å². The van der Waals surface area contributed by atoms with Crippen molar-refractivity contribution in [3.05, 3.63) is 35.6 Å². The van der Waals surface area contributed by atoms with Crippen LogP contribution in [0.2, 0.25) is 0 Å². The van der Waals surface area contributed by atoms with Crippen molar-refractivity contribution in [2.24, 2.45) is 0 Å². The molecule has 0 amide bonds. The van der Waals surface area contributed by atoms with Crippen LogP contribution >= 0.6 is 0 Å². The smallest absolute Gasteiger partial charge is 0.279 e. The van der Waals surface area contributed by atoms with Gasteiger partial charge in [0.05, 0.1) is 0 Å². The van der Waals surface area contributed by atoms with Gasteiger partial charge in [0.15, 0.2) is 0 Å². The summed E-state index contributed by atoms with van der Waals surface area (Å²) in [5.41, 5.74) is -0.274. The first-order valence-corrected chi connectivity index (χ1v) is 4.62. The molecule has 0 spiro atoms. The van der Waals surface area contributed by atoms with E-state index in [9.17, 15) is 17.6 Å². The van der Waals surface area contributed by atoms with Crippen LogP contribution < -0.4 is 0 Å². The quantitative estimate of drug-likeness (QED) is 0.688. The zero-order valence-electron chi connectivity index (χ0n) is 6.27.